The van der Waals surface area contributed by atoms with Gasteiger partial charge in [-0.15, -0.1) is 0 Å². The molecule has 0 atom stereocenters. The summed E-state index contributed by atoms with van der Waals surface area (Å²) in [5, 5.41) is 7.54. The minimum Gasteiger partial charge on any atom is -0.334 e. The maximum Gasteiger partial charge on any atom is 0.263 e. The molecule has 136 valence electrons. The van der Waals surface area contributed by atoms with Gasteiger partial charge in [-0.05, 0) is 12.8 Å². The van der Waals surface area contributed by atoms with Gasteiger partial charge in [-0.1, -0.05) is 30.3 Å². The molecule has 1 amide bonds. The molecular weight excluding hydrogens is 342 g/mol. The average molecular weight is 361 g/mol. The number of H-pyrrole nitrogens is 2. The van der Waals surface area contributed by atoms with E-state index < -0.39 is 0 Å². The fraction of sp³-hybridized carbons (Fsp3) is 0.300. The monoisotopic (exact) mass is 361 g/mol. The summed E-state index contributed by atoms with van der Waals surface area (Å²) < 4.78 is 0. The lowest BCUT2D eigenvalue weighted by Crippen LogP contribution is -2.38. The van der Waals surface area contributed by atoms with Gasteiger partial charge in [-0.3, -0.25) is 14.7 Å². The summed E-state index contributed by atoms with van der Waals surface area (Å²) in [4.78, 5) is 34.1. The van der Waals surface area contributed by atoms with Gasteiger partial charge in [-0.25, -0.2) is 4.98 Å². The van der Waals surface area contributed by atoms with E-state index in [0.29, 0.717) is 31.3 Å². The molecule has 3 aromatic rings. The topological polar surface area (TPSA) is 94.7 Å². The third kappa shape index (κ3) is 2.85. The van der Waals surface area contributed by atoms with Gasteiger partial charge in [-0.2, -0.15) is 5.10 Å². The van der Waals surface area contributed by atoms with E-state index >= 15 is 0 Å². The van der Waals surface area contributed by atoms with Crippen LogP contribution in [0.5, 0.6) is 0 Å². The smallest absolute Gasteiger partial charge is 0.263 e. The van der Waals surface area contributed by atoms with Gasteiger partial charge in [0.25, 0.3) is 11.5 Å². The Morgan fingerprint density at radius 2 is 2.00 bits per heavy atom. The molecule has 1 aliphatic heterocycles. The van der Waals surface area contributed by atoms with Crippen molar-refractivity contribution in [3.63, 3.8) is 0 Å². The zero-order valence-corrected chi connectivity index (χ0v) is 14.7. The van der Waals surface area contributed by atoms with Crippen molar-refractivity contribution in [2.45, 2.75) is 31.7 Å². The highest BCUT2D eigenvalue weighted by molar-refractivity contribution is 5.93. The van der Waals surface area contributed by atoms with Crippen LogP contribution in [0.4, 0.5) is 0 Å². The predicted octanol–water partition coefficient (Wildman–Crippen LogP) is 2.24. The first-order chi connectivity index (χ1) is 13.2. The molecule has 1 aliphatic carbocycles. The van der Waals surface area contributed by atoms with Crippen LogP contribution in [0.2, 0.25) is 0 Å². The Labute approximate surface area is 155 Å². The van der Waals surface area contributed by atoms with Crippen LogP contribution in [0.3, 0.4) is 0 Å². The molecule has 0 saturated heterocycles. The third-order valence-corrected chi connectivity index (χ3v) is 5.28. The van der Waals surface area contributed by atoms with E-state index in [2.05, 4.69) is 20.2 Å². The molecule has 3 heterocycles. The van der Waals surface area contributed by atoms with Crippen molar-refractivity contribution < 1.29 is 4.79 Å². The Morgan fingerprint density at radius 3 is 2.74 bits per heavy atom. The number of nitrogens with one attached hydrogen (secondary N) is 2. The molecule has 0 bridgehead atoms. The van der Waals surface area contributed by atoms with Gasteiger partial charge in [0.15, 0.2) is 0 Å². The van der Waals surface area contributed by atoms with Crippen LogP contribution in [0, 0.1) is 0 Å². The largest absolute Gasteiger partial charge is 0.334 e. The summed E-state index contributed by atoms with van der Waals surface area (Å²) in [6.45, 7) is 0.977. The molecule has 0 radical (unpaired) electrons. The Hall–Kier alpha value is -3.22. The molecular formula is C20H19N5O2. The van der Waals surface area contributed by atoms with Gasteiger partial charge in [0.05, 0.1) is 5.69 Å². The summed E-state index contributed by atoms with van der Waals surface area (Å²) in [7, 11) is 0. The molecule has 7 heteroatoms. The predicted molar refractivity (Wildman–Crippen MR) is 99.3 cm³/mol. The van der Waals surface area contributed by atoms with Crippen LogP contribution in [0.15, 0.2) is 41.3 Å². The van der Waals surface area contributed by atoms with Crippen molar-refractivity contribution in [1.82, 2.24) is 25.1 Å². The number of nitrogens with zero attached hydrogens (tertiary/aromatic N) is 3. The molecule has 27 heavy (non-hydrogen) atoms. The second-order valence-electron chi connectivity index (χ2n) is 7.16. The summed E-state index contributed by atoms with van der Waals surface area (Å²) in [5.41, 5.74) is 3.69. The number of carbonyl (C=O) groups excluding carboxylic acids is 1. The third-order valence-electron chi connectivity index (χ3n) is 5.28. The van der Waals surface area contributed by atoms with Crippen LogP contribution < -0.4 is 5.56 Å². The van der Waals surface area contributed by atoms with E-state index in [1.165, 1.54) is 6.20 Å². The second kappa shape index (κ2) is 6.19. The number of fused-ring (bicyclic) bond motifs is 1. The van der Waals surface area contributed by atoms with Gasteiger partial charge >= 0.3 is 0 Å². The highest BCUT2D eigenvalue weighted by Crippen LogP contribution is 2.37. The van der Waals surface area contributed by atoms with Gasteiger partial charge in [0.1, 0.15) is 11.4 Å². The Balaban J connectivity index is 1.43. The fourth-order valence-electron chi connectivity index (χ4n) is 3.60. The van der Waals surface area contributed by atoms with E-state index in [0.717, 1.165) is 35.4 Å². The van der Waals surface area contributed by atoms with Crippen LogP contribution in [0.25, 0.3) is 11.3 Å². The zero-order chi connectivity index (χ0) is 18.4. The molecule has 0 spiro atoms. The maximum absolute atomic E-state index is 12.9. The molecule has 1 saturated carbocycles. The number of hydrogen-bond donors (Lipinski definition) is 2. The molecule has 2 aromatic heterocycles. The lowest BCUT2D eigenvalue weighted by molar-refractivity contribution is 0.0732. The minimum atomic E-state index is -0.349. The van der Waals surface area contributed by atoms with Crippen LogP contribution in [0.1, 0.15) is 46.2 Å². The number of hydrogen-bond acceptors (Lipinski definition) is 4. The quantitative estimate of drug-likeness (QED) is 0.748. The van der Waals surface area contributed by atoms with E-state index in [4.69, 9.17) is 0 Å². The first kappa shape index (κ1) is 16.0. The van der Waals surface area contributed by atoms with Crippen molar-refractivity contribution >= 4 is 5.91 Å². The lowest BCUT2D eigenvalue weighted by Gasteiger charge is -2.27. The lowest BCUT2D eigenvalue weighted by atomic mass is 10.0. The first-order valence-corrected chi connectivity index (χ1v) is 9.20. The molecule has 1 aromatic carbocycles. The Kier molecular flexibility index (Phi) is 3.67. The number of aromatic nitrogens is 4. The summed E-state index contributed by atoms with van der Waals surface area (Å²) in [5.74, 6) is 0.759. The molecule has 5 rings (SSSR count). The van der Waals surface area contributed by atoms with Crippen molar-refractivity contribution in [1.29, 1.82) is 0 Å². The van der Waals surface area contributed by atoms with Crippen molar-refractivity contribution in [2.24, 2.45) is 0 Å². The molecule has 2 N–H and O–H groups in total. The fourth-order valence-corrected chi connectivity index (χ4v) is 3.60. The van der Waals surface area contributed by atoms with Crippen molar-refractivity contribution in [3.8, 4) is 11.3 Å². The van der Waals surface area contributed by atoms with Gasteiger partial charge < -0.3 is 9.88 Å². The number of carbonyl (C=O) groups is 1. The maximum atomic E-state index is 12.9. The normalized spacial score (nSPS) is 16.2. The number of benzene rings is 1. The number of rotatable bonds is 3. The van der Waals surface area contributed by atoms with Crippen molar-refractivity contribution in [3.05, 3.63) is 69.5 Å². The van der Waals surface area contributed by atoms with Crippen LogP contribution >= 0.6 is 0 Å². The Morgan fingerprint density at radius 1 is 1.19 bits per heavy atom. The Bertz CT molecular complexity index is 1070. The zero-order valence-electron chi connectivity index (χ0n) is 14.7. The minimum absolute atomic E-state index is 0.104. The highest BCUT2D eigenvalue weighted by Gasteiger charge is 2.30. The molecule has 2 aliphatic rings. The molecule has 7 nitrogen and oxygen atoms in total. The summed E-state index contributed by atoms with van der Waals surface area (Å²) in [6.07, 6.45) is 4.21. The van der Waals surface area contributed by atoms with Gasteiger partial charge in [0, 0.05) is 48.4 Å². The molecule has 0 unspecified atom stereocenters. The average Bonchev–Trinajstić information content (AvgIpc) is 3.47. The van der Waals surface area contributed by atoms with Crippen LogP contribution in [-0.4, -0.2) is 37.5 Å². The van der Waals surface area contributed by atoms with Crippen molar-refractivity contribution in [2.75, 3.05) is 6.54 Å². The van der Waals surface area contributed by atoms with E-state index in [1.54, 1.807) is 4.90 Å². The standard InChI is InChI=1S/C20H19N5O2/c26-19-14(10-21-18(22-19)13-6-7-13)20(27)25-9-8-16-15(11-25)17(24-23-16)12-4-2-1-3-5-12/h1-5,10,13H,6-9,11H2,(H,23,24)(H,21,22,26). The second-order valence-corrected chi connectivity index (χ2v) is 7.16. The van der Waals surface area contributed by atoms with Gasteiger partial charge in [0.2, 0.25) is 0 Å². The summed E-state index contributed by atoms with van der Waals surface area (Å²) in [6, 6.07) is 9.90. The van der Waals surface area contributed by atoms with E-state index in [9.17, 15) is 9.59 Å². The number of amides is 1. The highest BCUT2D eigenvalue weighted by atomic mass is 16.2. The SMILES string of the molecule is O=C(c1cnc(C2CC2)[nH]c1=O)N1CCc2[nH]nc(-c3ccccc3)c2C1. The van der Waals surface area contributed by atoms with E-state index in [-0.39, 0.29) is 17.0 Å². The first-order valence-electron chi connectivity index (χ1n) is 9.20. The van der Waals surface area contributed by atoms with E-state index in [1.807, 2.05) is 30.3 Å². The van der Waals surface area contributed by atoms with Crippen LogP contribution in [-0.2, 0) is 13.0 Å². The molecule has 1 fully saturated rings. The summed E-state index contributed by atoms with van der Waals surface area (Å²) >= 11 is 0. The number of aromatic amines is 2.